The molecule has 0 spiro atoms. The molecule has 0 unspecified atom stereocenters. The Morgan fingerprint density at radius 3 is 2.06 bits per heavy atom. The third-order valence-electron chi connectivity index (χ3n) is 2.65. The van der Waals surface area contributed by atoms with Crippen LogP contribution in [0.5, 0.6) is 0 Å². The van der Waals surface area contributed by atoms with Gasteiger partial charge in [0.2, 0.25) is 0 Å². The van der Waals surface area contributed by atoms with E-state index in [9.17, 15) is 4.79 Å². The van der Waals surface area contributed by atoms with Crippen LogP contribution in [0.1, 0.15) is 71.1 Å². The summed E-state index contributed by atoms with van der Waals surface area (Å²) in [5.74, 6) is -0.668. The molecular weight excluding hydrogens is 223 g/mol. The van der Waals surface area contributed by atoms with E-state index in [2.05, 4.69) is 19.1 Å². The maximum absolute atomic E-state index is 10.3. The number of carboxylic acid groups (broad SMARTS) is 1. The van der Waals surface area contributed by atoms with Gasteiger partial charge in [-0.1, -0.05) is 51.2 Å². The molecule has 17 heavy (non-hydrogen) atoms. The van der Waals surface area contributed by atoms with Crippen LogP contribution in [0.3, 0.4) is 0 Å². The number of unbranched alkanes of at least 4 members (excludes halogenated alkanes) is 7. The molecule has 0 fully saturated rings. The predicted octanol–water partition coefficient (Wildman–Crippen LogP) is 3.90. The fourth-order valence-electron chi connectivity index (χ4n) is 1.63. The zero-order valence-electron chi connectivity index (χ0n) is 10.6. The number of aliphatic carboxylic acids is 1. The minimum atomic E-state index is -0.668. The van der Waals surface area contributed by atoms with E-state index in [4.69, 9.17) is 5.11 Å². The Hall–Kier alpha value is 0.210. The van der Waals surface area contributed by atoms with Crippen molar-refractivity contribution in [3.63, 3.8) is 0 Å². The standard InChI is InChI=1S/C14H26O2.Na.H/c1-2-3-4-5-6-7-8-9-10-11-12-13-14(15)16;;/h5-6H,2-4,7-13H2,1H3,(H,15,16);;. The van der Waals surface area contributed by atoms with Crippen LogP contribution in [0, 0.1) is 0 Å². The SMILES string of the molecule is CCCCC=CCCCCCCCC(=O)O.[NaH]. The molecule has 0 aromatic carbocycles. The topological polar surface area (TPSA) is 37.3 Å². The van der Waals surface area contributed by atoms with Gasteiger partial charge in [-0.15, -0.1) is 0 Å². The number of allylic oxidation sites excluding steroid dienone is 2. The van der Waals surface area contributed by atoms with E-state index in [1.165, 1.54) is 44.9 Å². The van der Waals surface area contributed by atoms with Crippen molar-refractivity contribution in [2.75, 3.05) is 0 Å². The molecule has 0 aliphatic rings. The summed E-state index contributed by atoms with van der Waals surface area (Å²) in [5, 5.41) is 8.45. The first-order valence-electron chi connectivity index (χ1n) is 6.64. The first-order chi connectivity index (χ1) is 7.77. The molecule has 0 radical (unpaired) electrons. The van der Waals surface area contributed by atoms with E-state index in [1.807, 2.05) is 0 Å². The van der Waals surface area contributed by atoms with Gasteiger partial charge < -0.3 is 5.11 Å². The summed E-state index contributed by atoms with van der Waals surface area (Å²) in [7, 11) is 0. The normalized spacial score (nSPS) is 10.4. The molecule has 96 valence electrons. The molecule has 2 nitrogen and oxygen atoms in total. The van der Waals surface area contributed by atoms with Crippen LogP contribution < -0.4 is 0 Å². The maximum atomic E-state index is 10.3. The second-order valence-corrected chi connectivity index (χ2v) is 4.31. The second-order valence-electron chi connectivity index (χ2n) is 4.31. The van der Waals surface area contributed by atoms with Gasteiger partial charge in [0.1, 0.15) is 0 Å². The van der Waals surface area contributed by atoms with E-state index in [0.29, 0.717) is 6.42 Å². The van der Waals surface area contributed by atoms with E-state index in [0.717, 1.165) is 12.8 Å². The third kappa shape index (κ3) is 18.8. The van der Waals surface area contributed by atoms with E-state index >= 15 is 0 Å². The number of hydrogen-bond donors (Lipinski definition) is 1. The van der Waals surface area contributed by atoms with Gasteiger partial charge in [-0.3, -0.25) is 4.79 Å². The van der Waals surface area contributed by atoms with Crippen molar-refractivity contribution in [2.24, 2.45) is 0 Å². The van der Waals surface area contributed by atoms with Gasteiger partial charge in [-0.25, -0.2) is 0 Å². The summed E-state index contributed by atoms with van der Waals surface area (Å²) in [6, 6.07) is 0. The summed E-state index contributed by atoms with van der Waals surface area (Å²) in [6.07, 6.45) is 15.4. The predicted molar refractivity (Wildman–Crippen MR) is 75.8 cm³/mol. The van der Waals surface area contributed by atoms with Gasteiger partial charge in [0.15, 0.2) is 0 Å². The van der Waals surface area contributed by atoms with Gasteiger partial charge in [0, 0.05) is 6.42 Å². The summed E-state index contributed by atoms with van der Waals surface area (Å²) in [5.41, 5.74) is 0. The van der Waals surface area contributed by atoms with Crippen LogP contribution in [0.25, 0.3) is 0 Å². The second kappa shape index (κ2) is 16.2. The Labute approximate surface area is 128 Å². The third-order valence-corrected chi connectivity index (χ3v) is 2.65. The van der Waals surface area contributed by atoms with E-state index in [1.54, 1.807) is 0 Å². The molecule has 0 aliphatic heterocycles. The van der Waals surface area contributed by atoms with Crippen LogP contribution in [-0.2, 0) is 4.79 Å². The number of carboxylic acids is 1. The summed E-state index contributed by atoms with van der Waals surface area (Å²) in [4.78, 5) is 10.3. The van der Waals surface area contributed by atoms with Crippen LogP contribution in [0.2, 0.25) is 0 Å². The Balaban J connectivity index is 0. The first-order valence-corrected chi connectivity index (χ1v) is 6.64. The number of hydrogen-bond acceptors (Lipinski definition) is 1. The van der Waals surface area contributed by atoms with Crippen LogP contribution in [0.4, 0.5) is 0 Å². The van der Waals surface area contributed by atoms with Crippen molar-refractivity contribution in [2.45, 2.75) is 71.1 Å². The molecule has 0 atom stereocenters. The van der Waals surface area contributed by atoms with Crippen molar-refractivity contribution in [1.82, 2.24) is 0 Å². The molecule has 0 bridgehead atoms. The molecule has 3 heteroatoms. The molecule has 0 saturated carbocycles. The van der Waals surface area contributed by atoms with Crippen molar-refractivity contribution in [1.29, 1.82) is 0 Å². The van der Waals surface area contributed by atoms with E-state index < -0.39 is 5.97 Å². The zero-order chi connectivity index (χ0) is 12.1. The van der Waals surface area contributed by atoms with Crippen LogP contribution in [0.15, 0.2) is 12.2 Å². The summed E-state index contributed by atoms with van der Waals surface area (Å²) in [6.45, 7) is 2.21. The van der Waals surface area contributed by atoms with Gasteiger partial charge in [0.05, 0.1) is 0 Å². The monoisotopic (exact) mass is 250 g/mol. The van der Waals surface area contributed by atoms with Crippen LogP contribution >= 0.6 is 0 Å². The van der Waals surface area contributed by atoms with Gasteiger partial charge in [-0.05, 0) is 25.7 Å². The number of rotatable bonds is 11. The van der Waals surface area contributed by atoms with Crippen molar-refractivity contribution in [3.8, 4) is 0 Å². The van der Waals surface area contributed by atoms with Crippen LogP contribution in [-0.4, -0.2) is 40.6 Å². The molecule has 0 aromatic heterocycles. The average molecular weight is 250 g/mol. The van der Waals surface area contributed by atoms with Crippen molar-refractivity contribution < 1.29 is 9.90 Å². The van der Waals surface area contributed by atoms with Gasteiger partial charge in [0.25, 0.3) is 0 Å². The van der Waals surface area contributed by atoms with Gasteiger partial charge in [-0.2, -0.15) is 0 Å². The molecular formula is C14H27NaO2. The van der Waals surface area contributed by atoms with E-state index in [-0.39, 0.29) is 29.6 Å². The molecule has 0 rings (SSSR count). The summed E-state index contributed by atoms with van der Waals surface area (Å²) < 4.78 is 0. The molecule has 0 aromatic rings. The van der Waals surface area contributed by atoms with Gasteiger partial charge >= 0.3 is 35.5 Å². The Bertz CT molecular complexity index is 191. The molecule has 0 aliphatic carbocycles. The molecule has 0 saturated heterocycles. The average Bonchev–Trinajstić information content (AvgIpc) is 2.25. The molecule has 0 heterocycles. The Morgan fingerprint density at radius 1 is 0.941 bits per heavy atom. The first kappa shape index (κ1) is 19.5. The fourth-order valence-corrected chi connectivity index (χ4v) is 1.63. The van der Waals surface area contributed by atoms with Crippen molar-refractivity contribution in [3.05, 3.63) is 12.2 Å². The quantitative estimate of drug-likeness (QED) is 0.343. The molecule has 0 amide bonds. The fraction of sp³-hybridized carbons (Fsp3) is 0.786. The molecule has 1 N–H and O–H groups in total. The van der Waals surface area contributed by atoms with Crippen molar-refractivity contribution >= 4 is 35.5 Å². The zero-order valence-corrected chi connectivity index (χ0v) is 10.6. The summed E-state index contributed by atoms with van der Waals surface area (Å²) >= 11 is 0. The Morgan fingerprint density at radius 2 is 1.47 bits per heavy atom. The Kier molecular flexibility index (Phi) is 18.6. The number of carbonyl (C=O) groups is 1. The minimum absolute atomic E-state index is 0.